The molecule has 5 rings (SSSR count). The van der Waals surface area contributed by atoms with Crippen LogP contribution in [0.1, 0.15) is 39.7 Å². The monoisotopic (exact) mass is 508 g/mol. The van der Waals surface area contributed by atoms with Crippen LogP contribution in [-0.4, -0.2) is 55.0 Å². The first-order valence-corrected chi connectivity index (χ1v) is 13.1. The first-order valence-electron chi connectivity index (χ1n) is 12.2. The van der Waals surface area contributed by atoms with Gasteiger partial charge in [0.15, 0.2) is 11.5 Å². The van der Waals surface area contributed by atoms with Crippen molar-refractivity contribution in [2.24, 2.45) is 5.92 Å². The normalized spacial score (nSPS) is 16.8. The topological polar surface area (TPSA) is 59.1 Å². The number of carbonyl (C=O) groups is 2. The van der Waals surface area contributed by atoms with Crippen LogP contribution in [0.25, 0.3) is 0 Å². The highest BCUT2D eigenvalue weighted by Crippen LogP contribution is 2.36. The average molecular weight is 509 g/mol. The molecule has 2 amide bonds. The van der Waals surface area contributed by atoms with Crippen LogP contribution in [-0.2, 0) is 11.2 Å². The van der Waals surface area contributed by atoms with Crippen LogP contribution in [0.15, 0.2) is 60.0 Å². The van der Waals surface area contributed by atoms with Gasteiger partial charge in [-0.1, -0.05) is 24.3 Å². The quantitative estimate of drug-likeness (QED) is 0.410. The number of hydrogen-bond donors (Lipinski definition) is 0. The van der Waals surface area contributed by atoms with Crippen molar-refractivity contribution >= 4 is 23.2 Å². The van der Waals surface area contributed by atoms with Crippen molar-refractivity contribution < 1.29 is 23.5 Å². The molecule has 1 saturated carbocycles. The molecule has 0 saturated heterocycles. The molecule has 1 atom stereocenters. The molecule has 0 N–H and O–H groups in total. The molecule has 188 valence electrons. The van der Waals surface area contributed by atoms with Gasteiger partial charge in [0.05, 0.1) is 18.7 Å². The Morgan fingerprint density at radius 2 is 1.83 bits per heavy atom. The van der Waals surface area contributed by atoms with Crippen molar-refractivity contribution in [1.29, 1.82) is 0 Å². The van der Waals surface area contributed by atoms with Gasteiger partial charge in [0.25, 0.3) is 5.91 Å². The Kier molecular flexibility index (Phi) is 7.23. The summed E-state index contributed by atoms with van der Waals surface area (Å²) in [5.74, 6) is 0.430. The maximum Gasteiger partial charge on any atom is 0.257 e. The average Bonchev–Trinajstić information content (AvgIpc) is 3.59. The Morgan fingerprint density at radius 1 is 1.08 bits per heavy atom. The molecule has 1 aromatic heterocycles. The number of halogens is 1. The second kappa shape index (κ2) is 10.7. The molecule has 36 heavy (non-hydrogen) atoms. The van der Waals surface area contributed by atoms with Crippen molar-refractivity contribution in [2.45, 2.75) is 25.3 Å². The maximum absolute atomic E-state index is 14.4. The van der Waals surface area contributed by atoms with E-state index in [1.807, 2.05) is 35.7 Å². The Morgan fingerprint density at radius 3 is 2.58 bits per heavy atom. The van der Waals surface area contributed by atoms with Crippen LogP contribution >= 0.6 is 11.3 Å². The number of methoxy groups -OCH3 is 1. The maximum atomic E-state index is 14.4. The zero-order valence-corrected chi connectivity index (χ0v) is 21.0. The van der Waals surface area contributed by atoms with Gasteiger partial charge in [0.2, 0.25) is 5.91 Å². The lowest BCUT2D eigenvalue weighted by Crippen LogP contribution is -2.48. The minimum Gasteiger partial charge on any atom is -0.493 e. The van der Waals surface area contributed by atoms with Gasteiger partial charge in [-0.3, -0.25) is 9.59 Å². The summed E-state index contributed by atoms with van der Waals surface area (Å²) in [4.78, 5) is 31.5. The summed E-state index contributed by atoms with van der Waals surface area (Å²) in [5.41, 5.74) is 1.07. The molecule has 2 aromatic carbocycles. The highest BCUT2D eigenvalue weighted by atomic mass is 32.1. The van der Waals surface area contributed by atoms with E-state index in [9.17, 15) is 14.0 Å². The molecule has 3 aromatic rings. The first-order chi connectivity index (χ1) is 17.5. The summed E-state index contributed by atoms with van der Waals surface area (Å²) in [6.45, 7) is 1.17. The lowest BCUT2D eigenvalue weighted by atomic mass is 10.00. The molecule has 8 heteroatoms. The third-order valence-corrected chi connectivity index (χ3v) is 7.77. The van der Waals surface area contributed by atoms with E-state index in [0.29, 0.717) is 30.5 Å². The van der Waals surface area contributed by atoms with E-state index in [1.54, 1.807) is 35.5 Å². The predicted octanol–water partition coefficient (Wildman–Crippen LogP) is 4.95. The summed E-state index contributed by atoms with van der Waals surface area (Å²) in [7, 11) is 1.59. The molecule has 2 heterocycles. The lowest BCUT2D eigenvalue weighted by Gasteiger charge is -2.37. The highest BCUT2D eigenvalue weighted by molar-refractivity contribution is 7.10. The van der Waals surface area contributed by atoms with E-state index in [2.05, 4.69) is 0 Å². The first kappa shape index (κ1) is 24.3. The van der Waals surface area contributed by atoms with Crippen molar-refractivity contribution in [3.8, 4) is 11.5 Å². The van der Waals surface area contributed by atoms with Gasteiger partial charge in [-0.05, 0) is 66.5 Å². The number of hydrogen-bond acceptors (Lipinski definition) is 5. The van der Waals surface area contributed by atoms with Crippen molar-refractivity contribution in [2.75, 3.05) is 33.4 Å². The number of fused-ring (bicyclic) bond motifs is 1. The summed E-state index contributed by atoms with van der Waals surface area (Å²) < 4.78 is 25.9. The Labute approximate surface area is 214 Å². The van der Waals surface area contributed by atoms with Crippen LogP contribution < -0.4 is 9.47 Å². The molecule has 2 aliphatic rings. The SMILES string of the molecule is COc1ccccc1OCC1c2ccsc2CCN1C(=O)CN(CC1CC1)C(=O)c1ccccc1F. The van der Waals surface area contributed by atoms with E-state index in [0.717, 1.165) is 24.8 Å². The van der Waals surface area contributed by atoms with E-state index < -0.39 is 11.7 Å². The molecule has 1 fully saturated rings. The molecule has 1 aliphatic heterocycles. The summed E-state index contributed by atoms with van der Waals surface area (Å²) in [6.07, 6.45) is 2.80. The third-order valence-electron chi connectivity index (χ3n) is 6.77. The second-order valence-electron chi connectivity index (χ2n) is 9.22. The highest BCUT2D eigenvalue weighted by Gasteiger charge is 2.35. The predicted molar refractivity (Wildman–Crippen MR) is 136 cm³/mol. The molecule has 6 nitrogen and oxygen atoms in total. The number of ether oxygens (including phenoxy) is 2. The Balaban J connectivity index is 1.36. The molecule has 0 radical (unpaired) electrons. The van der Waals surface area contributed by atoms with Gasteiger partial charge >= 0.3 is 0 Å². The summed E-state index contributed by atoms with van der Waals surface area (Å²) >= 11 is 1.68. The third kappa shape index (κ3) is 5.23. The number of amides is 2. The minimum absolute atomic E-state index is 0.000714. The smallest absolute Gasteiger partial charge is 0.257 e. The van der Waals surface area contributed by atoms with Gasteiger partial charge in [-0.25, -0.2) is 4.39 Å². The zero-order chi connectivity index (χ0) is 25.1. The fourth-order valence-corrected chi connectivity index (χ4v) is 5.60. The van der Waals surface area contributed by atoms with Crippen molar-refractivity contribution in [3.63, 3.8) is 0 Å². The van der Waals surface area contributed by atoms with Crippen molar-refractivity contribution in [1.82, 2.24) is 9.80 Å². The van der Waals surface area contributed by atoms with Crippen LogP contribution in [0.5, 0.6) is 11.5 Å². The van der Waals surface area contributed by atoms with Crippen LogP contribution in [0.4, 0.5) is 4.39 Å². The van der Waals surface area contributed by atoms with Crippen LogP contribution in [0.3, 0.4) is 0 Å². The van der Waals surface area contributed by atoms with E-state index in [-0.39, 0.29) is 30.7 Å². The molecule has 0 bridgehead atoms. The number of rotatable bonds is 9. The fourth-order valence-electron chi connectivity index (χ4n) is 4.67. The number of carbonyl (C=O) groups excluding carboxylic acids is 2. The summed E-state index contributed by atoms with van der Waals surface area (Å²) in [5, 5.41) is 2.04. The van der Waals surface area contributed by atoms with Gasteiger partial charge in [0.1, 0.15) is 19.0 Å². The van der Waals surface area contributed by atoms with Crippen LogP contribution in [0, 0.1) is 11.7 Å². The van der Waals surface area contributed by atoms with Crippen LogP contribution in [0.2, 0.25) is 0 Å². The number of nitrogens with zero attached hydrogens (tertiary/aromatic N) is 2. The van der Waals surface area contributed by atoms with E-state index >= 15 is 0 Å². The fraction of sp³-hybridized carbons (Fsp3) is 0.357. The molecule has 1 aliphatic carbocycles. The number of benzene rings is 2. The lowest BCUT2D eigenvalue weighted by molar-refractivity contribution is -0.135. The molecular weight excluding hydrogens is 479 g/mol. The van der Waals surface area contributed by atoms with Gasteiger partial charge in [-0.15, -0.1) is 11.3 Å². The minimum atomic E-state index is -0.570. The number of thiophene rings is 1. The number of para-hydroxylation sites is 2. The van der Waals surface area contributed by atoms with Gasteiger partial charge in [0, 0.05) is 18.0 Å². The summed E-state index contributed by atoms with van der Waals surface area (Å²) in [6, 6.07) is 15.1. The standard InChI is InChI=1S/C28H29FN2O4S/c1-34-24-8-4-5-9-25(24)35-18-23-21-13-15-36-26(21)12-14-31(23)27(32)17-30(16-19-10-11-19)28(33)20-6-2-3-7-22(20)29/h2-9,13,15,19,23H,10-12,14,16-18H2,1H3. The zero-order valence-electron chi connectivity index (χ0n) is 20.2. The molecular formula is C28H29FN2O4S. The molecule has 1 unspecified atom stereocenters. The van der Waals surface area contributed by atoms with E-state index in [1.165, 1.54) is 21.9 Å². The molecule has 0 spiro atoms. The van der Waals surface area contributed by atoms with E-state index in [4.69, 9.17) is 9.47 Å². The second-order valence-corrected chi connectivity index (χ2v) is 10.2. The van der Waals surface area contributed by atoms with Crippen molar-refractivity contribution in [3.05, 3.63) is 81.8 Å². The van der Waals surface area contributed by atoms with Gasteiger partial charge < -0.3 is 19.3 Å². The Bertz CT molecular complexity index is 1240. The van der Waals surface area contributed by atoms with Gasteiger partial charge in [-0.2, -0.15) is 0 Å². The largest absolute Gasteiger partial charge is 0.493 e. The Hall–Kier alpha value is -3.39.